The summed E-state index contributed by atoms with van der Waals surface area (Å²) in [5.74, 6) is 0. The van der Waals surface area contributed by atoms with Crippen LogP contribution in [0.5, 0.6) is 0 Å². The third-order valence-corrected chi connectivity index (χ3v) is 2.66. The molecule has 1 saturated carbocycles. The molecular weight excluding hydrogens is 220 g/mol. The van der Waals surface area contributed by atoms with Crippen molar-refractivity contribution in [2.45, 2.75) is 18.4 Å². The molecule has 0 bridgehead atoms. The maximum atomic E-state index is 10.8. The largest absolute Gasteiger partial charge is 0.362 e. The molecule has 17 heavy (non-hydrogen) atoms. The molecule has 0 heterocycles. The van der Waals surface area contributed by atoms with E-state index < -0.39 is 10.5 Å². The number of benzene rings is 1. The highest BCUT2D eigenvalue weighted by atomic mass is 16.6. The molecule has 1 aliphatic carbocycles. The Morgan fingerprint density at radius 2 is 2.12 bits per heavy atom. The predicted molar refractivity (Wildman–Crippen MR) is 59.0 cm³/mol. The Morgan fingerprint density at radius 3 is 2.59 bits per heavy atom. The molecule has 1 fully saturated rings. The van der Waals surface area contributed by atoms with Gasteiger partial charge in [-0.1, -0.05) is 0 Å². The van der Waals surface area contributed by atoms with Crippen molar-refractivity contribution in [3.05, 3.63) is 33.9 Å². The number of nitro benzene ring substituents is 1. The van der Waals surface area contributed by atoms with E-state index in [0.29, 0.717) is 18.4 Å². The fourth-order valence-electron chi connectivity index (χ4n) is 1.51. The third kappa shape index (κ3) is 2.01. The van der Waals surface area contributed by atoms with Crippen LogP contribution in [0, 0.1) is 32.8 Å². The number of rotatable bonds is 3. The van der Waals surface area contributed by atoms with Gasteiger partial charge in [0, 0.05) is 6.07 Å². The summed E-state index contributed by atoms with van der Waals surface area (Å²) in [4.78, 5) is 10.3. The lowest BCUT2D eigenvalue weighted by atomic mass is 10.1. The zero-order chi connectivity index (χ0) is 12.5. The quantitative estimate of drug-likeness (QED) is 0.628. The number of hydrogen-bond donors (Lipinski definition) is 1. The van der Waals surface area contributed by atoms with Gasteiger partial charge >= 0.3 is 0 Å². The molecule has 0 spiro atoms. The van der Waals surface area contributed by atoms with E-state index in [4.69, 9.17) is 10.5 Å². The van der Waals surface area contributed by atoms with Gasteiger partial charge in [-0.05, 0) is 25.0 Å². The topological polar surface area (TPSA) is 103 Å². The van der Waals surface area contributed by atoms with Gasteiger partial charge < -0.3 is 5.32 Å². The van der Waals surface area contributed by atoms with Gasteiger partial charge in [-0.3, -0.25) is 10.1 Å². The van der Waals surface area contributed by atoms with Gasteiger partial charge in [0.1, 0.15) is 11.2 Å². The summed E-state index contributed by atoms with van der Waals surface area (Å²) in [6.07, 6.45) is 1.33. The fraction of sp³-hybridized carbons (Fsp3) is 0.273. The molecule has 6 nitrogen and oxygen atoms in total. The highest BCUT2D eigenvalue weighted by Gasteiger charge is 2.44. The average Bonchev–Trinajstić information content (AvgIpc) is 3.09. The second kappa shape index (κ2) is 3.76. The van der Waals surface area contributed by atoms with E-state index in [9.17, 15) is 10.1 Å². The minimum atomic E-state index is -0.696. The van der Waals surface area contributed by atoms with E-state index in [1.54, 1.807) is 0 Å². The summed E-state index contributed by atoms with van der Waals surface area (Å²) in [5, 5.41) is 31.3. The van der Waals surface area contributed by atoms with E-state index in [2.05, 4.69) is 11.4 Å². The van der Waals surface area contributed by atoms with E-state index in [1.807, 2.05) is 6.07 Å². The minimum absolute atomic E-state index is 0.120. The summed E-state index contributed by atoms with van der Waals surface area (Å²) < 4.78 is 0. The molecule has 2 rings (SSSR count). The highest BCUT2D eigenvalue weighted by molar-refractivity contribution is 5.67. The summed E-state index contributed by atoms with van der Waals surface area (Å²) in [5.41, 5.74) is -0.260. The van der Waals surface area contributed by atoms with Crippen LogP contribution >= 0.6 is 0 Å². The lowest BCUT2D eigenvalue weighted by Gasteiger charge is -2.10. The molecule has 0 radical (unpaired) electrons. The first-order valence-electron chi connectivity index (χ1n) is 4.98. The lowest BCUT2D eigenvalue weighted by molar-refractivity contribution is -0.384. The van der Waals surface area contributed by atoms with E-state index in [0.717, 1.165) is 0 Å². The van der Waals surface area contributed by atoms with E-state index in [-0.39, 0.29) is 11.4 Å². The molecule has 0 atom stereocenters. The molecule has 1 aromatic carbocycles. The SMILES string of the molecule is N#Cc1ccc([N+](=O)[O-])c(NC2(C#N)CC2)c1. The van der Waals surface area contributed by atoms with Crippen molar-refractivity contribution in [3.63, 3.8) is 0 Å². The van der Waals surface area contributed by atoms with Crippen molar-refractivity contribution in [1.29, 1.82) is 10.5 Å². The molecule has 1 aromatic rings. The molecule has 0 amide bonds. The van der Waals surface area contributed by atoms with Crippen LogP contribution in [0.25, 0.3) is 0 Å². The van der Waals surface area contributed by atoms with Crippen LogP contribution in [0.15, 0.2) is 18.2 Å². The third-order valence-electron chi connectivity index (χ3n) is 2.66. The van der Waals surface area contributed by atoms with Crippen LogP contribution in [-0.2, 0) is 0 Å². The Balaban J connectivity index is 2.40. The van der Waals surface area contributed by atoms with Crippen LogP contribution in [0.2, 0.25) is 0 Å². The first kappa shape index (κ1) is 10.9. The van der Waals surface area contributed by atoms with Crippen LogP contribution < -0.4 is 5.32 Å². The van der Waals surface area contributed by atoms with Crippen molar-refractivity contribution < 1.29 is 4.92 Å². The van der Waals surface area contributed by atoms with Gasteiger partial charge in [0.2, 0.25) is 0 Å². The van der Waals surface area contributed by atoms with Crippen LogP contribution in [0.4, 0.5) is 11.4 Å². The van der Waals surface area contributed by atoms with Crippen molar-refractivity contribution in [2.24, 2.45) is 0 Å². The molecule has 0 saturated heterocycles. The van der Waals surface area contributed by atoms with Gasteiger partial charge in [0.25, 0.3) is 5.69 Å². The lowest BCUT2D eigenvalue weighted by Crippen LogP contribution is -2.19. The molecule has 6 heteroatoms. The van der Waals surface area contributed by atoms with Gasteiger partial charge in [0.05, 0.1) is 22.6 Å². The van der Waals surface area contributed by atoms with Crippen LogP contribution in [-0.4, -0.2) is 10.5 Å². The van der Waals surface area contributed by atoms with Crippen molar-refractivity contribution in [2.75, 3.05) is 5.32 Å². The molecule has 0 unspecified atom stereocenters. The maximum absolute atomic E-state index is 10.8. The zero-order valence-corrected chi connectivity index (χ0v) is 8.80. The van der Waals surface area contributed by atoms with Crippen LogP contribution in [0.3, 0.4) is 0 Å². The van der Waals surface area contributed by atoms with E-state index >= 15 is 0 Å². The Bertz CT molecular complexity index is 564. The monoisotopic (exact) mass is 228 g/mol. The summed E-state index contributed by atoms with van der Waals surface area (Å²) in [6, 6.07) is 8.05. The number of nitriles is 2. The fourth-order valence-corrected chi connectivity index (χ4v) is 1.51. The molecular formula is C11H8N4O2. The predicted octanol–water partition coefficient (Wildman–Crippen LogP) is 1.93. The zero-order valence-electron chi connectivity index (χ0n) is 8.80. The Hall–Kier alpha value is -2.60. The Morgan fingerprint density at radius 1 is 1.41 bits per heavy atom. The van der Waals surface area contributed by atoms with Gasteiger partial charge in [-0.25, -0.2) is 0 Å². The normalized spacial score (nSPS) is 15.4. The molecule has 1 N–H and O–H groups in total. The van der Waals surface area contributed by atoms with Gasteiger partial charge in [-0.15, -0.1) is 0 Å². The average molecular weight is 228 g/mol. The highest BCUT2D eigenvalue weighted by Crippen LogP contribution is 2.40. The minimum Gasteiger partial charge on any atom is -0.362 e. The van der Waals surface area contributed by atoms with E-state index in [1.165, 1.54) is 18.2 Å². The summed E-state index contributed by atoms with van der Waals surface area (Å²) in [6.45, 7) is 0. The standard InChI is InChI=1S/C11H8N4O2/c12-6-8-1-2-10(15(16)17)9(5-8)14-11(7-13)3-4-11/h1-2,5,14H,3-4H2. The molecule has 0 aromatic heterocycles. The summed E-state index contributed by atoms with van der Waals surface area (Å²) in [7, 11) is 0. The molecule has 1 aliphatic rings. The smallest absolute Gasteiger partial charge is 0.292 e. The second-order valence-electron chi connectivity index (χ2n) is 3.92. The summed E-state index contributed by atoms with van der Waals surface area (Å²) >= 11 is 0. The number of nitro groups is 1. The van der Waals surface area contributed by atoms with Crippen LogP contribution in [0.1, 0.15) is 18.4 Å². The van der Waals surface area contributed by atoms with Gasteiger partial charge in [-0.2, -0.15) is 10.5 Å². The van der Waals surface area contributed by atoms with Crippen molar-refractivity contribution >= 4 is 11.4 Å². The number of hydrogen-bond acceptors (Lipinski definition) is 5. The maximum Gasteiger partial charge on any atom is 0.292 e. The number of anilines is 1. The number of nitrogens with one attached hydrogen (secondary N) is 1. The van der Waals surface area contributed by atoms with Crippen molar-refractivity contribution in [3.8, 4) is 12.1 Å². The Kier molecular flexibility index (Phi) is 2.41. The number of nitrogens with zero attached hydrogens (tertiary/aromatic N) is 3. The Labute approximate surface area is 97.2 Å². The van der Waals surface area contributed by atoms with Gasteiger partial charge in [0.15, 0.2) is 0 Å². The van der Waals surface area contributed by atoms with Crippen molar-refractivity contribution in [1.82, 2.24) is 0 Å². The first-order valence-corrected chi connectivity index (χ1v) is 4.98. The molecule has 84 valence electrons. The second-order valence-corrected chi connectivity index (χ2v) is 3.92. The first-order chi connectivity index (χ1) is 8.10. The molecule has 0 aliphatic heterocycles.